The number of nitrogens with two attached hydrogens (primary N) is 1. The highest BCUT2D eigenvalue weighted by Crippen LogP contribution is 2.31. The number of carbonyl (C=O) groups excluding carboxylic acids is 1. The van der Waals surface area contributed by atoms with Crippen LogP contribution >= 0.6 is 0 Å². The van der Waals surface area contributed by atoms with E-state index in [9.17, 15) is 13.6 Å². The summed E-state index contributed by atoms with van der Waals surface area (Å²) in [5.41, 5.74) is 5.70. The molecule has 1 aromatic carbocycles. The Morgan fingerprint density at radius 2 is 2.23 bits per heavy atom. The van der Waals surface area contributed by atoms with Gasteiger partial charge in [-0.2, -0.15) is 0 Å². The van der Waals surface area contributed by atoms with Crippen LogP contribution in [-0.2, 0) is 4.79 Å². The zero-order valence-corrected chi connectivity index (χ0v) is 12.7. The molecule has 4 nitrogen and oxygen atoms in total. The monoisotopic (exact) mass is 312 g/mol. The third-order valence-electron chi connectivity index (χ3n) is 4.12. The molecule has 6 heteroatoms. The van der Waals surface area contributed by atoms with Crippen molar-refractivity contribution in [3.8, 4) is 5.75 Å². The van der Waals surface area contributed by atoms with E-state index in [-0.39, 0.29) is 30.7 Å². The molecule has 2 atom stereocenters. The number of nitrogens with one attached hydrogen (secondary N) is 1. The van der Waals surface area contributed by atoms with Gasteiger partial charge >= 0.3 is 0 Å². The SMILES string of the molecule is CC1(N)CCCCC1C(=O)NCCOc1ccc(F)cc1F. The molecule has 2 unspecified atom stereocenters. The van der Waals surface area contributed by atoms with E-state index in [1.807, 2.05) is 6.92 Å². The highest BCUT2D eigenvalue weighted by Gasteiger charge is 2.37. The zero-order chi connectivity index (χ0) is 16.2. The average molecular weight is 312 g/mol. The molecule has 1 aliphatic rings. The number of halogens is 2. The summed E-state index contributed by atoms with van der Waals surface area (Å²) in [6.45, 7) is 2.27. The van der Waals surface area contributed by atoms with Crippen molar-refractivity contribution in [2.75, 3.05) is 13.2 Å². The predicted molar refractivity (Wildman–Crippen MR) is 79.4 cm³/mol. The van der Waals surface area contributed by atoms with E-state index in [2.05, 4.69) is 5.32 Å². The first-order chi connectivity index (χ1) is 10.4. The molecule has 0 saturated heterocycles. The lowest BCUT2D eigenvalue weighted by Gasteiger charge is -2.37. The molecule has 1 aromatic rings. The van der Waals surface area contributed by atoms with Crippen LogP contribution in [0.25, 0.3) is 0 Å². The standard InChI is InChI=1S/C16H22F2N2O2/c1-16(19)7-3-2-4-12(16)15(21)20-8-9-22-14-6-5-11(17)10-13(14)18/h5-6,10,12H,2-4,7-9,19H2,1H3,(H,20,21). The first-order valence-corrected chi connectivity index (χ1v) is 7.54. The van der Waals surface area contributed by atoms with Crippen molar-refractivity contribution in [3.05, 3.63) is 29.8 Å². The van der Waals surface area contributed by atoms with Gasteiger partial charge in [0.2, 0.25) is 5.91 Å². The Kier molecular flexibility index (Phi) is 5.34. The van der Waals surface area contributed by atoms with Gasteiger partial charge in [-0.1, -0.05) is 12.8 Å². The van der Waals surface area contributed by atoms with E-state index in [4.69, 9.17) is 10.5 Å². The Bertz CT molecular complexity index is 535. The molecule has 1 fully saturated rings. The second-order valence-electron chi connectivity index (χ2n) is 6.02. The number of amides is 1. The van der Waals surface area contributed by atoms with Crippen LogP contribution in [0.1, 0.15) is 32.6 Å². The van der Waals surface area contributed by atoms with Crippen molar-refractivity contribution >= 4 is 5.91 Å². The Labute approximate surface area is 129 Å². The van der Waals surface area contributed by atoms with Crippen LogP contribution in [0.2, 0.25) is 0 Å². The summed E-state index contributed by atoms with van der Waals surface area (Å²) in [5, 5.41) is 2.77. The lowest BCUT2D eigenvalue weighted by Crippen LogP contribution is -2.53. The van der Waals surface area contributed by atoms with Crippen molar-refractivity contribution < 1.29 is 18.3 Å². The molecule has 0 radical (unpaired) electrons. The second-order valence-corrected chi connectivity index (χ2v) is 6.02. The minimum absolute atomic E-state index is 0.0306. The maximum atomic E-state index is 13.4. The smallest absolute Gasteiger partial charge is 0.225 e. The summed E-state index contributed by atoms with van der Waals surface area (Å²) >= 11 is 0. The number of benzene rings is 1. The molecule has 1 aliphatic carbocycles. The molecule has 0 heterocycles. The minimum Gasteiger partial charge on any atom is -0.489 e. The lowest BCUT2D eigenvalue weighted by atomic mass is 9.74. The van der Waals surface area contributed by atoms with Gasteiger partial charge in [-0.05, 0) is 31.9 Å². The van der Waals surface area contributed by atoms with Crippen molar-refractivity contribution in [1.29, 1.82) is 0 Å². The van der Waals surface area contributed by atoms with Crippen LogP contribution in [0.3, 0.4) is 0 Å². The van der Waals surface area contributed by atoms with E-state index in [0.717, 1.165) is 37.8 Å². The van der Waals surface area contributed by atoms with E-state index in [0.29, 0.717) is 0 Å². The summed E-state index contributed by atoms with van der Waals surface area (Å²) < 4.78 is 31.3. The fourth-order valence-corrected chi connectivity index (χ4v) is 2.84. The van der Waals surface area contributed by atoms with E-state index < -0.39 is 17.2 Å². The third-order valence-corrected chi connectivity index (χ3v) is 4.12. The Morgan fingerprint density at radius 3 is 2.91 bits per heavy atom. The topological polar surface area (TPSA) is 64.4 Å². The summed E-state index contributed by atoms with van der Waals surface area (Å²) in [6.07, 6.45) is 3.67. The summed E-state index contributed by atoms with van der Waals surface area (Å²) in [4.78, 5) is 12.2. The summed E-state index contributed by atoms with van der Waals surface area (Å²) in [5.74, 6) is -1.74. The van der Waals surface area contributed by atoms with E-state index in [1.165, 1.54) is 6.07 Å². The van der Waals surface area contributed by atoms with Crippen LogP contribution in [0.15, 0.2) is 18.2 Å². The van der Waals surface area contributed by atoms with Gasteiger partial charge in [-0.25, -0.2) is 8.78 Å². The molecular weight excluding hydrogens is 290 g/mol. The quantitative estimate of drug-likeness (QED) is 0.820. The highest BCUT2D eigenvalue weighted by molar-refractivity contribution is 5.80. The largest absolute Gasteiger partial charge is 0.489 e. The molecule has 0 aromatic heterocycles. The van der Waals surface area contributed by atoms with Gasteiger partial charge in [0, 0.05) is 11.6 Å². The first-order valence-electron chi connectivity index (χ1n) is 7.54. The van der Waals surface area contributed by atoms with Crippen LogP contribution in [-0.4, -0.2) is 24.6 Å². The molecule has 22 heavy (non-hydrogen) atoms. The van der Waals surface area contributed by atoms with Crippen molar-refractivity contribution in [2.24, 2.45) is 11.7 Å². The maximum absolute atomic E-state index is 13.4. The van der Waals surface area contributed by atoms with Gasteiger partial charge in [0.05, 0.1) is 12.5 Å². The Morgan fingerprint density at radius 1 is 1.45 bits per heavy atom. The highest BCUT2D eigenvalue weighted by atomic mass is 19.1. The molecule has 0 bridgehead atoms. The van der Waals surface area contributed by atoms with Gasteiger partial charge < -0.3 is 15.8 Å². The summed E-state index contributed by atoms with van der Waals surface area (Å²) in [6, 6.07) is 3.11. The van der Waals surface area contributed by atoms with Crippen LogP contribution < -0.4 is 15.8 Å². The number of carbonyl (C=O) groups is 1. The molecule has 0 spiro atoms. The van der Waals surface area contributed by atoms with Crippen LogP contribution in [0.5, 0.6) is 5.75 Å². The van der Waals surface area contributed by atoms with Crippen molar-refractivity contribution in [1.82, 2.24) is 5.32 Å². The van der Waals surface area contributed by atoms with Crippen molar-refractivity contribution in [3.63, 3.8) is 0 Å². The molecule has 0 aliphatic heterocycles. The molecule has 2 rings (SSSR count). The van der Waals surface area contributed by atoms with Gasteiger partial charge in [0.15, 0.2) is 11.6 Å². The Hall–Kier alpha value is -1.69. The molecule has 122 valence electrons. The molecule has 1 saturated carbocycles. The van der Waals surface area contributed by atoms with E-state index >= 15 is 0 Å². The number of ether oxygens (including phenoxy) is 1. The number of hydrogen-bond donors (Lipinski definition) is 2. The normalized spacial score (nSPS) is 24.8. The lowest BCUT2D eigenvalue weighted by molar-refractivity contribution is -0.128. The number of hydrogen-bond acceptors (Lipinski definition) is 3. The molecule has 3 N–H and O–H groups in total. The van der Waals surface area contributed by atoms with Crippen molar-refractivity contribution in [2.45, 2.75) is 38.1 Å². The van der Waals surface area contributed by atoms with Gasteiger partial charge in [0.25, 0.3) is 0 Å². The maximum Gasteiger partial charge on any atom is 0.225 e. The fraction of sp³-hybridized carbons (Fsp3) is 0.562. The predicted octanol–water partition coefficient (Wildman–Crippen LogP) is 2.37. The average Bonchev–Trinajstić information content (AvgIpc) is 2.44. The fourth-order valence-electron chi connectivity index (χ4n) is 2.84. The minimum atomic E-state index is -0.756. The summed E-state index contributed by atoms with van der Waals surface area (Å²) in [7, 11) is 0. The third kappa shape index (κ3) is 4.16. The molecule has 1 amide bonds. The van der Waals surface area contributed by atoms with E-state index in [1.54, 1.807) is 0 Å². The van der Waals surface area contributed by atoms with Gasteiger partial charge in [0.1, 0.15) is 12.4 Å². The molecular formula is C16H22F2N2O2. The van der Waals surface area contributed by atoms with Crippen LogP contribution in [0.4, 0.5) is 8.78 Å². The zero-order valence-electron chi connectivity index (χ0n) is 12.7. The first kappa shape index (κ1) is 16.7. The number of rotatable bonds is 5. The Balaban J connectivity index is 1.77. The second kappa shape index (κ2) is 7.05. The van der Waals surface area contributed by atoms with Crippen LogP contribution in [0, 0.1) is 17.6 Å². The van der Waals surface area contributed by atoms with Gasteiger partial charge in [-0.15, -0.1) is 0 Å². The van der Waals surface area contributed by atoms with Gasteiger partial charge in [-0.3, -0.25) is 4.79 Å².